The van der Waals surface area contributed by atoms with Gasteiger partial charge in [-0.1, -0.05) is 24.3 Å². The van der Waals surface area contributed by atoms with Crippen LogP contribution in [0.1, 0.15) is 20.9 Å². The van der Waals surface area contributed by atoms with E-state index in [4.69, 9.17) is 4.42 Å². The molecular weight excluding hydrogens is 458 g/mol. The average molecular weight is 471 g/mol. The molecule has 4 rings (SSSR count). The zero-order valence-corrected chi connectivity index (χ0v) is 16.8. The van der Waals surface area contributed by atoms with Gasteiger partial charge in [0.1, 0.15) is 11.3 Å². The predicted molar refractivity (Wildman–Crippen MR) is 113 cm³/mol. The van der Waals surface area contributed by atoms with E-state index in [-0.39, 0.29) is 17.1 Å². The van der Waals surface area contributed by atoms with Crippen LogP contribution in [0, 0.1) is 11.6 Å². The van der Waals surface area contributed by atoms with Crippen molar-refractivity contribution in [3.05, 3.63) is 94.2 Å². The lowest BCUT2D eigenvalue weighted by Crippen LogP contribution is -2.17. The third-order valence-corrected chi connectivity index (χ3v) is 5.03. The molecule has 0 fully saturated rings. The molecule has 0 radical (unpaired) electrons. The molecule has 0 bridgehead atoms. The van der Waals surface area contributed by atoms with Crippen molar-refractivity contribution >= 4 is 50.1 Å². The first-order valence-electron chi connectivity index (χ1n) is 8.78. The number of para-hydroxylation sites is 1. The fraction of sp³-hybridized carbons (Fsp3) is 0. The van der Waals surface area contributed by atoms with Crippen LogP contribution in [0.15, 0.2) is 75.6 Å². The van der Waals surface area contributed by atoms with Crippen molar-refractivity contribution in [3.8, 4) is 0 Å². The molecule has 0 unspecified atom stereocenters. The number of rotatable bonds is 4. The second-order valence-corrected chi connectivity index (χ2v) is 7.17. The summed E-state index contributed by atoms with van der Waals surface area (Å²) in [6.07, 6.45) is 0. The molecule has 8 heteroatoms. The van der Waals surface area contributed by atoms with E-state index in [0.29, 0.717) is 21.0 Å². The fourth-order valence-corrected chi connectivity index (χ4v) is 3.38. The topological polar surface area (TPSA) is 71.3 Å². The number of hydrogen-bond donors (Lipinski definition) is 2. The van der Waals surface area contributed by atoms with Gasteiger partial charge in [-0.05, 0) is 52.3 Å². The van der Waals surface area contributed by atoms with Crippen LogP contribution in [0.25, 0.3) is 11.0 Å². The Morgan fingerprint density at radius 3 is 2.33 bits per heavy atom. The van der Waals surface area contributed by atoms with E-state index >= 15 is 0 Å². The third kappa shape index (κ3) is 3.81. The lowest BCUT2D eigenvalue weighted by molar-refractivity contribution is 0.0999. The molecule has 1 aromatic heterocycles. The Hall–Kier alpha value is -3.52. The molecule has 2 amide bonds. The van der Waals surface area contributed by atoms with Gasteiger partial charge in [0.05, 0.1) is 5.56 Å². The Labute approximate surface area is 177 Å². The van der Waals surface area contributed by atoms with Gasteiger partial charge in [-0.2, -0.15) is 0 Å². The van der Waals surface area contributed by atoms with Crippen LogP contribution in [-0.2, 0) is 0 Å². The van der Waals surface area contributed by atoms with Crippen LogP contribution in [0.4, 0.5) is 20.2 Å². The summed E-state index contributed by atoms with van der Waals surface area (Å²) in [7, 11) is 0. The third-order valence-electron chi connectivity index (χ3n) is 4.34. The first kappa shape index (κ1) is 19.8. The minimum absolute atomic E-state index is 0.0439. The number of fused-ring (bicyclic) bond motifs is 1. The summed E-state index contributed by atoms with van der Waals surface area (Å²) in [5.41, 5.74) is 0.971. The van der Waals surface area contributed by atoms with Crippen molar-refractivity contribution < 1.29 is 22.8 Å². The molecule has 150 valence electrons. The molecule has 3 aromatic carbocycles. The van der Waals surface area contributed by atoms with Crippen molar-refractivity contribution in [1.29, 1.82) is 0 Å². The Morgan fingerprint density at radius 2 is 1.57 bits per heavy atom. The van der Waals surface area contributed by atoms with Crippen LogP contribution < -0.4 is 10.6 Å². The number of furan rings is 1. The molecule has 30 heavy (non-hydrogen) atoms. The summed E-state index contributed by atoms with van der Waals surface area (Å²) in [5, 5.41) is 5.69. The predicted octanol–water partition coefficient (Wildman–Crippen LogP) is 5.98. The van der Waals surface area contributed by atoms with Crippen LogP contribution >= 0.6 is 15.9 Å². The highest BCUT2D eigenvalue weighted by Crippen LogP contribution is 2.32. The van der Waals surface area contributed by atoms with Gasteiger partial charge in [-0.3, -0.25) is 9.59 Å². The molecule has 0 aliphatic carbocycles. The van der Waals surface area contributed by atoms with Gasteiger partial charge in [0.15, 0.2) is 11.6 Å². The molecule has 2 N–H and O–H groups in total. The molecule has 0 saturated carbocycles. The van der Waals surface area contributed by atoms with Gasteiger partial charge < -0.3 is 15.1 Å². The van der Waals surface area contributed by atoms with Gasteiger partial charge in [0.25, 0.3) is 11.8 Å². The van der Waals surface area contributed by atoms with E-state index in [1.807, 2.05) is 0 Å². The number of anilines is 2. The highest BCUT2D eigenvalue weighted by Gasteiger charge is 2.23. The van der Waals surface area contributed by atoms with Crippen molar-refractivity contribution in [1.82, 2.24) is 0 Å². The van der Waals surface area contributed by atoms with E-state index in [1.54, 1.807) is 48.5 Å². The second-order valence-electron chi connectivity index (χ2n) is 6.32. The number of nitrogens with one attached hydrogen (secondary N) is 2. The number of carbonyl (C=O) groups excluding carboxylic acids is 2. The molecule has 5 nitrogen and oxygen atoms in total. The van der Waals surface area contributed by atoms with E-state index in [0.717, 1.165) is 12.1 Å². The molecule has 0 aliphatic heterocycles. The number of benzene rings is 3. The van der Waals surface area contributed by atoms with E-state index in [1.165, 1.54) is 6.07 Å². The first-order chi connectivity index (χ1) is 14.4. The largest absolute Gasteiger partial charge is 0.449 e. The molecule has 4 aromatic rings. The van der Waals surface area contributed by atoms with Crippen molar-refractivity contribution in [2.45, 2.75) is 0 Å². The summed E-state index contributed by atoms with van der Waals surface area (Å²) in [6, 6.07) is 16.6. The van der Waals surface area contributed by atoms with E-state index < -0.39 is 23.4 Å². The van der Waals surface area contributed by atoms with Gasteiger partial charge in [-0.15, -0.1) is 0 Å². The minimum atomic E-state index is -1.10. The number of halogens is 3. The molecule has 0 atom stereocenters. The Kier molecular flexibility index (Phi) is 5.33. The monoisotopic (exact) mass is 470 g/mol. The highest BCUT2D eigenvalue weighted by molar-refractivity contribution is 9.10. The summed E-state index contributed by atoms with van der Waals surface area (Å²) < 4.78 is 32.8. The van der Waals surface area contributed by atoms with E-state index in [2.05, 4.69) is 26.6 Å². The maximum atomic E-state index is 13.5. The summed E-state index contributed by atoms with van der Waals surface area (Å²) in [5.74, 6) is -3.46. The molecule has 0 aliphatic rings. The quantitative estimate of drug-likeness (QED) is 0.385. The highest BCUT2D eigenvalue weighted by atomic mass is 79.9. The van der Waals surface area contributed by atoms with Crippen molar-refractivity contribution in [3.63, 3.8) is 0 Å². The summed E-state index contributed by atoms with van der Waals surface area (Å²) in [6.45, 7) is 0. The van der Waals surface area contributed by atoms with Gasteiger partial charge in [0, 0.05) is 21.6 Å². The second kappa shape index (κ2) is 8.08. The molecule has 1 heterocycles. The van der Waals surface area contributed by atoms with Crippen molar-refractivity contribution in [2.75, 3.05) is 10.6 Å². The normalized spacial score (nSPS) is 10.8. The van der Waals surface area contributed by atoms with Gasteiger partial charge in [-0.25, -0.2) is 8.78 Å². The van der Waals surface area contributed by atoms with Crippen molar-refractivity contribution in [2.24, 2.45) is 0 Å². The Bertz CT molecular complexity index is 1290. The zero-order valence-electron chi connectivity index (χ0n) is 15.2. The van der Waals surface area contributed by atoms with Crippen LogP contribution in [-0.4, -0.2) is 11.8 Å². The van der Waals surface area contributed by atoms with Gasteiger partial charge in [0.2, 0.25) is 5.76 Å². The number of hydrogen-bond acceptors (Lipinski definition) is 3. The first-order valence-corrected chi connectivity index (χ1v) is 9.57. The summed E-state index contributed by atoms with van der Waals surface area (Å²) in [4.78, 5) is 25.6. The average Bonchev–Trinajstić information content (AvgIpc) is 3.09. The Balaban J connectivity index is 1.71. The minimum Gasteiger partial charge on any atom is -0.449 e. The Morgan fingerprint density at radius 1 is 0.833 bits per heavy atom. The number of amides is 2. The summed E-state index contributed by atoms with van der Waals surface area (Å²) >= 11 is 3.33. The van der Waals surface area contributed by atoms with Crippen LogP contribution in [0.2, 0.25) is 0 Å². The SMILES string of the molecule is O=C(Nc1c(C(=O)Nc2ccc(F)c(F)c2)oc2ccccc12)c1ccccc1Br. The maximum Gasteiger partial charge on any atom is 0.293 e. The lowest BCUT2D eigenvalue weighted by Gasteiger charge is -2.08. The van der Waals surface area contributed by atoms with E-state index in [9.17, 15) is 18.4 Å². The van der Waals surface area contributed by atoms with Crippen LogP contribution in [0.3, 0.4) is 0 Å². The zero-order chi connectivity index (χ0) is 21.3. The fourth-order valence-electron chi connectivity index (χ4n) is 2.92. The smallest absolute Gasteiger partial charge is 0.293 e. The maximum absolute atomic E-state index is 13.5. The molecule has 0 saturated heterocycles. The molecular formula is C22H13BrF2N2O3. The lowest BCUT2D eigenvalue weighted by atomic mass is 10.1. The standard InChI is InChI=1S/C22H13BrF2N2O3/c23-15-7-3-1-5-13(15)21(28)27-19-14-6-2-4-8-18(14)30-20(19)22(29)26-12-9-10-16(24)17(25)11-12/h1-11H,(H,26,29)(H,27,28). The number of carbonyl (C=O) groups is 2. The molecule has 0 spiro atoms. The van der Waals surface area contributed by atoms with Crippen LogP contribution in [0.5, 0.6) is 0 Å². The van der Waals surface area contributed by atoms with Gasteiger partial charge >= 0.3 is 0 Å².